The monoisotopic (exact) mass is 479 g/mol. The van der Waals surface area contributed by atoms with Crippen molar-refractivity contribution in [3.05, 3.63) is 41.5 Å². The van der Waals surface area contributed by atoms with E-state index in [-0.39, 0.29) is 5.91 Å². The Morgan fingerprint density at radius 3 is 2.71 bits per heavy atom. The minimum atomic E-state index is -0.249. The largest absolute Gasteiger partial charge is 0.473 e. The van der Waals surface area contributed by atoms with Crippen LogP contribution in [-0.4, -0.2) is 58.0 Å². The second-order valence-corrected chi connectivity index (χ2v) is 9.55. The van der Waals surface area contributed by atoms with Gasteiger partial charge in [-0.1, -0.05) is 18.3 Å². The van der Waals surface area contributed by atoms with Crippen molar-refractivity contribution in [2.75, 3.05) is 37.0 Å². The van der Waals surface area contributed by atoms with Gasteiger partial charge in [-0.25, -0.2) is 9.97 Å². The fourth-order valence-corrected chi connectivity index (χ4v) is 5.60. The van der Waals surface area contributed by atoms with E-state index in [9.17, 15) is 4.79 Å². The van der Waals surface area contributed by atoms with Crippen LogP contribution in [0.3, 0.4) is 0 Å². The Balaban J connectivity index is 1.45. The van der Waals surface area contributed by atoms with Crippen molar-refractivity contribution in [2.45, 2.75) is 39.7 Å². The number of carbonyl (C=O) groups excluding carboxylic acids is 1. The van der Waals surface area contributed by atoms with Gasteiger partial charge >= 0.3 is 0 Å². The second-order valence-electron chi connectivity index (χ2n) is 8.59. The Morgan fingerprint density at radius 2 is 1.97 bits per heavy atom. The van der Waals surface area contributed by atoms with Gasteiger partial charge < -0.3 is 24.7 Å². The third-order valence-corrected chi connectivity index (χ3v) is 7.26. The molecular weight excluding hydrogens is 450 g/mol. The molecule has 0 spiro atoms. The van der Waals surface area contributed by atoms with E-state index in [1.165, 1.54) is 11.3 Å². The third kappa shape index (κ3) is 4.19. The summed E-state index contributed by atoms with van der Waals surface area (Å²) in [6, 6.07) is 4.45. The summed E-state index contributed by atoms with van der Waals surface area (Å²) in [7, 11) is 1.61. The van der Waals surface area contributed by atoms with E-state index in [4.69, 9.17) is 4.74 Å². The predicted molar refractivity (Wildman–Crippen MR) is 135 cm³/mol. The number of rotatable bonds is 6. The molecule has 9 nitrogen and oxygen atoms in total. The normalized spacial score (nSPS) is 14.8. The van der Waals surface area contributed by atoms with Crippen LogP contribution in [0.4, 0.5) is 11.5 Å². The highest BCUT2D eigenvalue weighted by Crippen LogP contribution is 2.38. The number of anilines is 2. The first kappa shape index (κ1) is 22.5. The van der Waals surface area contributed by atoms with Crippen LogP contribution in [-0.2, 0) is 0 Å². The zero-order valence-electron chi connectivity index (χ0n) is 19.9. The summed E-state index contributed by atoms with van der Waals surface area (Å²) in [6.07, 6.45) is 5.88. The molecule has 34 heavy (non-hydrogen) atoms. The summed E-state index contributed by atoms with van der Waals surface area (Å²) in [4.78, 5) is 29.3. The average Bonchev–Trinajstić information content (AvgIpc) is 3.43. The summed E-state index contributed by atoms with van der Waals surface area (Å²) in [5.74, 6) is 0.228. The summed E-state index contributed by atoms with van der Waals surface area (Å²) in [5, 5.41) is 7.03. The van der Waals surface area contributed by atoms with Crippen LogP contribution < -0.4 is 20.3 Å². The maximum absolute atomic E-state index is 13.3. The van der Waals surface area contributed by atoms with Crippen LogP contribution in [0.15, 0.2) is 24.5 Å². The molecule has 3 aromatic heterocycles. The number of nitrogens with zero attached hydrogens (tertiary/aromatic N) is 5. The average molecular weight is 480 g/mol. The van der Waals surface area contributed by atoms with Gasteiger partial charge in [0.1, 0.15) is 5.52 Å². The molecule has 1 fully saturated rings. The van der Waals surface area contributed by atoms with Crippen molar-refractivity contribution in [1.82, 2.24) is 24.7 Å². The number of hydrogen-bond acceptors (Lipinski definition) is 8. The van der Waals surface area contributed by atoms with E-state index in [1.54, 1.807) is 13.3 Å². The van der Waals surface area contributed by atoms with E-state index >= 15 is 0 Å². The number of thiazole rings is 1. The zero-order chi connectivity index (χ0) is 23.8. The second kappa shape index (κ2) is 9.19. The fourth-order valence-electron chi connectivity index (χ4n) is 4.65. The first-order valence-corrected chi connectivity index (χ1v) is 12.4. The molecule has 1 aliphatic rings. The van der Waals surface area contributed by atoms with Gasteiger partial charge in [0.15, 0.2) is 11.5 Å². The molecule has 4 aromatic rings. The van der Waals surface area contributed by atoms with E-state index in [1.807, 2.05) is 36.6 Å². The summed E-state index contributed by atoms with van der Waals surface area (Å²) in [6.45, 7) is 8.91. The van der Waals surface area contributed by atoms with Crippen molar-refractivity contribution in [2.24, 2.45) is 0 Å². The highest BCUT2D eigenvalue weighted by Gasteiger charge is 2.24. The number of piperidine rings is 1. The summed E-state index contributed by atoms with van der Waals surface area (Å²) >= 11 is 1.48. The number of aromatic nitrogens is 4. The summed E-state index contributed by atoms with van der Waals surface area (Å²) in [5.41, 5.74) is 4.69. The van der Waals surface area contributed by atoms with Gasteiger partial charge in [0.2, 0.25) is 0 Å². The maximum atomic E-state index is 13.3. The fraction of sp³-hybridized carbons (Fsp3) is 0.417. The number of aryl methyl sites for hydroxylation is 2. The van der Waals surface area contributed by atoms with Crippen molar-refractivity contribution >= 4 is 44.6 Å². The quantitative estimate of drug-likeness (QED) is 0.434. The molecule has 1 aliphatic heterocycles. The summed E-state index contributed by atoms with van der Waals surface area (Å²) < 4.78 is 8.29. The molecule has 0 aliphatic carbocycles. The predicted octanol–water partition coefficient (Wildman–Crippen LogP) is 3.80. The molecule has 1 amide bonds. The van der Waals surface area contributed by atoms with Crippen molar-refractivity contribution in [3.63, 3.8) is 0 Å². The minimum Gasteiger partial charge on any atom is -0.473 e. The molecule has 1 aromatic carbocycles. The van der Waals surface area contributed by atoms with Crippen molar-refractivity contribution in [3.8, 4) is 5.19 Å². The van der Waals surface area contributed by atoms with Crippen molar-refractivity contribution in [1.29, 1.82) is 0 Å². The van der Waals surface area contributed by atoms with Gasteiger partial charge in [0.25, 0.3) is 11.1 Å². The highest BCUT2D eigenvalue weighted by atomic mass is 32.1. The molecule has 1 saturated heterocycles. The molecule has 2 N–H and O–H groups in total. The van der Waals surface area contributed by atoms with Crippen molar-refractivity contribution < 1.29 is 9.53 Å². The number of fused-ring (bicyclic) bond motifs is 2. The lowest BCUT2D eigenvalue weighted by atomic mass is 10.0. The Hall–Kier alpha value is -3.24. The van der Waals surface area contributed by atoms with E-state index in [0.717, 1.165) is 59.9 Å². The van der Waals surface area contributed by atoms with Crippen LogP contribution >= 0.6 is 11.3 Å². The van der Waals surface area contributed by atoms with E-state index < -0.39 is 0 Å². The molecule has 5 rings (SSSR count). The van der Waals surface area contributed by atoms with Crippen LogP contribution in [0.2, 0.25) is 0 Å². The SMILES string of the molecule is CCNC1CCN(c2ccc(C(=O)Nc3cn4cc(C)nc(C)c4n3)c3nc(OC)sc23)CC1. The molecule has 0 atom stereocenters. The maximum Gasteiger partial charge on any atom is 0.274 e. The zero-order valence-corrected chi connectivity index (χ0v) is 20.7. The topological polar surface area (TPSA) is 96.7 Å². The van der Waals surface area contributed by atoms with Gasteiger partial charge in [-0.15, -0.1) is 0 Å². The molecule has 178 valence electrons. The Kier molecular flexibility index (Phi) is 6.09. The first-order valence-electron chi connectivity index (χ1n) is 11.6. The number of nitrogens with one attached hydrogen (secondary N) is 2. The molecule has 0 radical (unpaired) electrons. The number of amides is 1. The molecule has 10 heteroatoms. The highest BCUT2D eigenvalue weighted by molar-refractivity contribution is 7.21. The van der Waals surface area contributed by atoms with Crippen LogP contribution in [0.1, 0.15) is 41.5 Å². The molecule has 0 saturated carbocycles. The standard InChI is InChI=1S/C24H29N7O2S/c1-5-25-16-8-10-30(11-9-16)18-7-6-17(20-21(18)34-24(29-20)33-4)23(32)28-19-13-31-12-14(2)26-15(3)22(31)27-19/h6-7,12-13,16,25H,5,8-11H2,1-4H3,(H,28,32). The number of methoxy groups -OCH3 is 1. The lowest BCUT2D eigenvalue weighted by Crippen LogP contribution is -2.42. The number of ether oxygens (including phenoxy) is 1. The molecule has 0 bridgehead atoms. The van der Waals surface area contributed by atoms with Gasteiger partial charge in [0.05, 0.1) is 40.6 Å². The van der Waals surface area contributed by atoms with E-state index in [0.29, 0.717) is 28.1 Å². The molecular formula is C24H29N7O2S. The van der Waals surface area contributed by atoms with Gasteiger partial charge in [-0.2, -0.15) is 0 Å². The molecule has 0 unspecified atom stereocenters. The lowest BCUT2D eigenvalue weighted by Gasteiger charge is -2.34. The number of carbonyl (C=O) groups is 1. The Morgan fingerprint density at radius 1 is 1.18 bits per heavy atom. The van der Waals surface area contributed by atoms with E-state index in [2.05, 4.69) is 37.4 Å². The lowest BCUT2D eigenvalue weighted by molar-refractivity contribution is 0.102. The Labute approximate surface area is 202 Å². The number of benzene rings is 1. The first-order chi connectivity index (χ1) is 16.5. The van der Waals surface area contributed by atoms with Gasteiger partial charge in [0, 0.05) is 25.3 Å². The Bertz CT molecular complexity index is 1350. The number of imidazole rings is 1. The van der Waals surface area contributed by atoms with Crippen LogP contribution in [0, 0.1) is 13.8 Å². The van der Waals surface area contributed by atoms with Crippen LogP contribution in [0.25, 0.3) is 15.9 Å². The third-order valence-electron chi connectivity index (χ3n) is 6.22. The van der Waals surface area contributed by atoms with Gasteiger partial charge in [-0.05, 0) is 45.4 Å². The smallest absolute Gasteiger partial charge is 0.274 e. The van der Waals surface area contributed by atoms with Gasteiger partial charge in [-0.3, -0.25) is 9.78 Å². The van der Waals surface area contributed by atoms with Crippen LogP contribution in [0.5, 0.6) is 5.19 Å². The minimum absolute atomic E-state index is 0.249. The number of hydrogen-bond donors (Lipinski definition) is 2. The molecule has 4 heterocycles.